The van der Waals surface area contributed by atoms with Crippen molar-refractivity contribution in [1.29, 1.82) is 0 Å². The monoisotopic (exact) mass is 414 g/mol. The Morgan fingerprint density at radius 2 is 1.86 bits per heavy atom. The Morgan fingerprint density at radius 1 is 1.07 bits per heavy atom. The SMILES string of the molecule is CCNC(=NCCc1nnc2ccccn12)NCCc1ccc(S(C)(=O)=O)cc1. The highest BCUT2D eigenvalue weighted by Crippen LogP contribution is 2.10. The summed E-state index contributed by atoms with van der Waals surface area (Å²) in [6.07, 6.45) is 4.62. The first-order valence-corrected chi connectivity index (χ1v) is 11.5. The van der Waals surface area contributed by atoms with E-state index in [0.29, 0.717) is 24.4 Å². The fourth-order valence-electron chi connectivity index (χ4n) is 2.90. The second kappa shape index (κ2) is 9.51. The molecule has 0 bridgehead atoms. The van der Waals surface area contributed by atoms with Gasteiger partial charge in [-0.15, -0.1) is 10.2 Å². The zero-order chi connectivity index (χ0) is 20.7. The quantitative estimate of drug-likeness (QED) is 0.428. The molecular weight excluding hydrogens is 388 g/mol. The molecule has 0 fully saturated rings. The van der Waals surface area contributed by atoms with Gasteiger partial charge in [0.15, 0.2) is 21.4 Å². The van der Waals surface area contributed by atoms with Crippen LogP contribution >= 0.6 is 0 Å². The van der Waals surface area contributed by atoms with E-state index in [2.05, 4.69) is 25.8 Å². The fraction of sp³-hybridized carbons (Fsp3) is 0.350. The minimum atomic E-state index is -3.16. The molecule has 29 heavy (non-hydrogen) atoms. The van der Waals surface area contributed by atoms with Gasteiger partial charge in [-0.05, 0) is 43.2 Å². The lowest BCUT2D eigenvalue weighted by Crippen LogP contribution is -2.38. The van der Waals surface area contributed by atoms with Crippen molar-refractivity contribution >= 4 is 21.4 Å². The van der Waals surface area contributed by atoms with Gasteiger partial charge in [-0.25, -0.2) is 8.42 Å². The van der Waals surface area contributed by atoms with E-state index in [1.807, 2.05) is 47.9 Å². The Morgan fingerprint density at radius 3 is 2.59 bits per heavy atom. The van der Waals surface area contributed by atoms with Crippen molar-refractivity contribution in [2.75, 3.05) is 25.9 Å². The Bertz CT molecular complexity index is 1070. The molecule has 1 aromatic carbocycles. The average Bonchev–Trinajstić information content (AvgIpc) is 3.11. The van der Waals surface area contributed by atoms with Crippen molar-refractivity contribution in [2.24, 2.45) is 4.99 Å². The number of hydrogen-bond donors (Lipinski definition) is 2. The molecule has 154 valence electrons. The highest BCUT2D eigenvalue weighted by atomic mass is 32.2. The second-order valence-electron chi connectivity index (χ2n) is 6.65. The van der Waals surface area contributed by atoms with Crippen LogP contribution in [0.4, 0.5) is 0 Å². The number of hydrogen-bond acceptors (Lipinski definition) is 5. The maximum absolute atomic E-state index is 11.5. The Labute approximate surface area is 171 Å². The third kappa shape index (κ3) is 5.77. The van der Waals surface area contributed by atoms with Crippen LogP contribution in [-0.4, -0.2) is 54.9 Å². The molecule has 9 heteroatoms. The number of aromatic nitrogens is 3. The molecule has 2 heterocycles. The summed E-state index contributed by atoms with van der Waals surface area (Å²) < 4.78 is 25.0. The lowest BCUT2D eigenvalue weighted by molar-refractivity contribution is 0.602. The van der Waals surface area contributed by atoms with E-state index in [0.717, 1.165) is 36.0 Å². The van der Waals surface area contributed by atoms with Gasteiger partial charge in [0.05, 0.1) is 4.90 Å². The molecule has 8 nitrogen and oxygen atoms in total. The predicted molar refractivity (Wildman–Crippen MR) is 114 cm³/mol. The van der Waals surface area contributed by atoms with Crippen LogP contribution in [0.1, 0.15) is 18.3 Å². The van der Waals surface area contributed by atoms with Crippen LogP contribution < -0.4 is 10.6 Å². The van der Waals surface area contributed by atoms with Crippen molar-refractivity contribution in [2.45, 2.75) is 24.7 Å². The van der Waals surface area contributed by atoms with Gasteiger partial charge >= 0.3 is 0 Å². The molecule has 2 N–H and O–H groups in total. The van der Waals surface area contributed by atoms with Crippen LogP contribution in [0.2, 0.25) is 0 Å². The minimum absolute atomic E-state index is 0.338. The van der Waals surface area contributed by atoms with Gasteiger partial charge in [0, 0.05) is 38.5 Å². The van der Waals surface area contributed by atoms with Crippen LogP contribution in [0.5, 0.6) is 0 Å². The third-order valence-corrected chi connectivity index (χ3v) is 5.52. The summed E-state index contributed by atoms with van der Waals surface area (Å²) >= 11 is 0. The summed E-state index contributed by atoms with van der Waals surface area (Å²) in [7, 11) is -3.16. The van der Waals surface area contributed by atoms with E-state index in [9.17, 15) is 8.42 Å². The largest absolute Gasteiger partial charge is 0.357 e. The van der Waals surface area contributed by atoms with Crippen LogP contribution in [0.3, 0.4) is 0 Å². The van der Waals surface area contributed by atoms with Gasteiger partial charge in [-0.3, -0.25) is 9.39 Å². The zero-order valence-electron chi connectivity index (χ0n) is 16.7. The number of benzene rings is 1. The van der Waals surface area contributed by atoms with Gasteiger partial charge in [0.1, 0.15) is 5.82 Å². The molecule has 0 spiro atoms. The molecule has 0 aliphatic heterocycles. The van der Waals surface area contributed by atoms with Gasteiger partial charge in [0.25, 0.3) is 0 Å². The topological polar surface area (TPSA) is 101 Å². The minimum Gasteiger partial charge on any atom is -0.357 e. The summed E-state index contributed by atoms with van der Waals surface area (Å²) in [5.74, 6) is 1.63. The molecule has 0 aliphatic rings. The van der Waals surface area contributed by atoms with Crippen LogP contribution in [0, 0.1) is 0 Å². The first kappa shape index (κ1) is 20.8. The van der Waals surface area contributed by atoms with Crippen molar-refractivity contribution < 1.29 is 8.42 Å². The zero-order valence-corrected chi connectivity index (χ0v) is 17.5. The number of guanidine groups is 1. The molecule has 3 rings (SSSR count). The summed E-state index contributed by atoms with van der Waals surface area (Å²) in [5, 5.41) is 14.9. The summed E-state index contributed by atoms with van der Waals surface area (Å²) in [4.78, 5) is 4.94. The van der Waals surface area contributed by atoms with Crippen LogP contribution in [-0.2, 0) is 22.7 Å². The molecule has 0 saturated heterocycles. The van der Waals surface area contributed by atoms with Gasteiger partial charge in [0.2, 0.25) is 0 Å². The number of rotatable bonds is 8. The predicted octanol–water partition coefficient (Wildman–Crippen LogP) is 1.47. The standard InChI is InChI=1S/C20H26N6O2S/c1-3-21-20(22-13-11-16-7-9-17(10-8-16)29(2,27)28)23-14-12-19-25-24-18-6-4-5-15-26(18)19/h4-10,15H,3,11-14H2,1-2H3,(H2,21,22,23). The highest BCUT2D eigenvalue weighted by molar-refractivity contribution is 7.90. The lowest BCUT2D eigenvalue weighted by Gasteiger charge is -2.11. The van der Waals surface area contributed by atoms with Crippen molar-refractivity contribution in [3.8, 4) is 0 Å². The fourth-order valence-corrected chi connectivity index (χ4v) is 3.53. The van der Waals surface area contributed by atoms with E-state index in [4.69, 9.17) is 0 Å². The molecule has 0 unspecified atom stereocenters. The van der Waals surface area contributed by atoms with Gasteiger partial charge in [-0.1, -0.05) is 18.2 Å². The number of sulfone groups is 1. The highest BCUT2D eigenvalue weighted by Gasteiger charge is 2.07. The number of nitrogens with zero attached hydrogens (tertiary/aromatic N) is 4. The Balaban J connectivity index is 1.52. The van der Waals surface area contributed by atoms with Gasteiger partial charge in [-0.2, -0.15) is 0 Å². The first-order chi connectivity index (χ1) is 14.0. The number of pyridine rings is 1. The Hall–Kier alpha value is -2.94. The molecule has 3 aromatic rings. The maximum Gasteiger partial charge on any atom is 0.191 e. The summed E-state index contributed by atoms with van der Waals surface area (Å²) in [5.41, 5.74) is 1.90. The first-order valence-electron chi connectivity index (χ1n) is 9.57. The number of fused-ring (bicyclic) bond motifs is 1. The molecular formula is C20H26N6O2S. The van der Waals surface area contributed by atoms with Crippen molar-refractivity contribution in [1.82, 2.24) is 25.2 Å². The normalized spacial score (nSPS) is 12.3. The molecule has 2 aromatic heterocycles. The van der Waals surface area contributed by atoms with Crippen molar-refractivity contribution in [3.63, 3.8) is 0 Å². The van der Waals surface area contributed by atoms with E-state index in [1.165, 1.54) is 6.26 Å². The van der Waals surface area contributed by atoms with Crippen molar-refractivity contribution in [3.05, 3.63) is 60.0 Å². The molecule has 0 radical (unpaired) electrons. The van der Waals surface area contributed by atoms with E-state index >= 15 is 0 Å². The average molecular weight is 415 g/mol. The summed E-state index contributed by atoms with van der Waals surface area (Å²) in [6.45, 7) is 4.07. The summed E-state index contributed by atoms with van der Waals surface area (Å²) in [6, 6.07) is 12.8. The number of aliphatic imine (C=N–C) groups is 1. The second-order valence-corrected chi connectivity index (χ2v) is 8.66. The molecule has 0 saturated carbocycles. The Kier molecular flexibility index (Phi) is 6.82. The smallest absolute Gasteiger partial charge is 0.191 e. The third-order valence-electron chi connectivity index (χ3n) is 4.39. The number of nitrogens with one attached hydrogen (secondary N) is 2. The molecule has 0 aliphatic carbocycles. The van der Waals surface area contributed by atoms with Crippen LogP contribution in [0.25, 0.3) is 5.65 Å². The maximum atomic E-state index is 11.5. The molecule has 0 atom stereocenters. The lowest BCUT2D eigenvalue weighted by atomic mass is 10.1. The van der Waals surface area contributed by atoms with E-state index in [-0.39, 0.29) is 0 Å². The van der Waals surface area contributed by atoms with Gasteiger partial charge < -0.3 is 10.6 Å². The molecule has 0 amide bonds. The van der Waals surface area contributed by atoms with E-state index < -0.39 is 9.84 Å². The van der Waals surface area contributed by atoms with Crippen LogP contribution in [0.15, 0.2) is 58.5 Å². The van der Waals surface area contributed by atoms with E-state index in [1.54, 1.807) is 12.1 Å².